The molecule has 0 unspecified atom stereocenters. The van der Waals surface area contributed by atoms with Gasteiger partial charge < -0.3 is 28.8 Å². The molecule has 1 aliphatic heterocycles. The number of nitrogens with zero attached hydrogens (tertiary/aromatic N) is 1. The van der Waals surface area contributed by atoms with E-state index in [0.717, 1.165) is 11.8 Å². The van der Waals surface area contributed by atoms with E-state index in [9.17, 15) is 9.90 Å². The van der Waals surface area contributed by atoms with Gasteiger partial charge in [-0.25, -0.2) is 9.79 Å². The molecule has 0 atom stereocenters. The number of carbonyl (C=O) groups excluding carboxylic acids is 1. The summed E-state index contributed by atoms with van der Waals surface area (Å²) in [6.45, 7) is 1.85. The van der Waals surface area contributed by atoms with Gasteiger partial charge in [-0.2, -0.15) is 0 Å². The number of aliphatic imine (C=N–C) groups is 1. The van der Waals surface area contributed by atoms with Crippen LogP contribution in [0.3, 0.4) is 0 Å². The predicted molar refractivity (Wildman–Crippen MR) is 128 cm³/mol. The minimum atomic E-state index is -0.664. The van der Waals surface area contributed by atoms with Gasteiger partial charge in [0, 0.05) is 11.6 Å². The second-order valence-electron chi connectivity index (χ2n) is 6.62. The summed E-state index contributed by atoms with van der Waals surface area (Å²) in [7, 11) is 6.18. The summed E-state index contributed by atoms with van der Waals surface area (Å²) in [5.74, 6) is 1.37. The van der Waals surface area contributed by atoms with Gasteiger partial charge in [0.15, 0.2) is 11.5 Å². The first-order valence-corrected chi connectivity index (χ1v) is 10.8. The van der Waals surface area contributed by atoms with E-state index in [1.807, 2.05) is 0 Å². The summed E-state index contributed by atoms with van der Waals surface area (Å²) >= 11 is 1.14. The van der Waals surface area contributed by atoms with Crippen molar-refractivity contribution in [1.82, 2.24) is 0 Å². The number of benzene rings is 2. The van der Waals surface area contributed by atoms with Gasteiger partial charge in [0.05, 0.1) is 45.6 Å². The van der Waals surface area contributed by atoms with E-state index in [4.69, 9.17) is 23.7 Å². The number of aliphatic hydroxyl groups excluding tert-OH is 1. The molecule has 3 rings (SSSR count). The van der Waals surface area contributed by atoms with Gasteiger partial charge in [-0.15, -0.1) is 0 Å². The zero-order valence-electron chi connectivity index (χ0n) is 19.0. The molecule has 1 heterocycles. The van der Waals surface area contributed by atoms with Crippen molar-refractivity contribution in [2.45, 2.75) is 6.92 Å². The molecule has 0 fully saturated rings. The summed E-state index contributed by atoms with van der Waals surface area (Å²) in [6.07, 6.45) is 1.71. The van der Waals surface area contributed by atoms with E-state index < -0.39 is 5.97 Å². The highest BCUT2D eigenvalue weighted by molar-refractivity contribution is 8.18. The molecular weight excluding hydrogens is 446 g/mol. The summed E-state index contributed by atoms with van der Waals surface area (Å²) in [4.78, 5) is 17.6. The fourth-order valence-corrected chi connectivity index (χ4v) is 4.12. The number of hydrogen-bond donors (Lipinski definition) is 1. The number of methoxy groups -OCH3 is 4. The molecule has 9 heteroatoms. The number of ether oxygens (including phenoxy) is 5. The van der Waals surface area contributed by atoms with Crippen molar-refractivity contribution in [3.8, 4) is 23.0 Å². The highest BCUT2D eigenvalue weighted by atomic mass is 32.2. The lowest BCUT2D eigenvalue weighted by molar-refractivity contribution is -0.138. The van der Waals surface area contributed by atoms with Crippen molar-refractivity contribution in [3.63, 3.8) is 0 Å². The molecule has 8 nitrogen and oxygen atoms in total. The fourth-order valence-electron chi connectivity index (χ4n) is 3.10. The summed E-state index contributed by atoms with van der Waals surface area (Å²) in [5.41, 5.74) is 1.18. The quantitative estimate of drug-likeness (QED) is 0.543. The maximum absolute atomic E-state index is 12.7. The van der Waals surface area contributed by atoms with Crippen LogP contribution in [-0.2, 0) is 9.53 Å². The Bertz CT molecular complexity index is 1140. The van der Waals surface area contributed by atoms with Gasteiger partial charge in [0.25, 0.3) is 0 Å². The van der Waals surface area contributed by atoms with Crippen molar-refractivity contribution >= 4 is 34.5 Å². The first-order valence-electron chi connectivity index (χ1n) is 9.99. The van der Waals surface area contributed by atoms with Gasteiger partial charge in [0.1, 0.15) is 27.9 Å². The molecule has 1 N–H and O–H groups in total. The van der Waals surface area contributed by atoms with Gasteiger partial charge >= 0.3 is 5.97 Å². The number of hydrogen-bond acceptors (Lipinski definition) is 9. The zero-order chi connectivity index (χ0) is 24.0. The molecule has 0 aliphatic carbocycles. The van der Waals surface area contributed by atoms with Gasteiger partial charge in [-0.3, -0.25) is 0 Å². The Morgan fingerprint density at radius 2 is 1.67 bits per heavy atom. The van der Waals surface area contributed by atoms with Gasteiger partial charge in [-0.1, -0.05) is 11.8 Å². The first-order chi connectivity index (χ1) is 15.9. The molecule has 0 radical (unpaired) electrons. The largest absolute Gasteiger partial charge is 0.506 e. The highest BCUT2D eigenvalue weighted by Crippen LogP contribution is 2.42. The van der Waals surface area contributed by atoms with Crippen LogP contribution >= 0.6 is 11.8 Å². The van der Waals surface area contributed by atoms with Crippen LogP contribution in [0.1, 0.15) is 12.5 Å². The van der Waals surface area contributed by atoms with E-state index in [-0.39, 0.29) is 17.9 Å². The second-order valence-corrected chi connectivity index (χ2v) is 7.65. The third-order valence-electron chi connectivity index (χ3n) is 4.69. The molecule has 0 saturated heterocycles. The molecule has 0 spiro atoms. The Morgan fingerprint density at radius 3 is 2.30 bits per heavy atom. The number of thioether (sulfide) groups is 1. The Balaban J connectivity index is 2.09. The Morgan fingerprint density at radius 1 is 0.970 bits per heavy atom. The number of carbonyl (C=O) groups is 1. The average molecular weight is 472 g/mol. The Hall–Kier alpha value is -3.59. The van der Waals surface area contributed by atoms with Crippen LogP contribution in [0.4, 0.5) is 5.69 Å². The molecule has 0 bridgehead atoms. The summed E-state index contributed by atoms with van der Waals surface area (Å²) < 4.78 is 26.5. The van der Waals surface area contributed by atoms with Crippen molar-refractivity contribution in [3.05, 3.63) is 58.2 Å². The van der Waals surface area contributed by atoms with Crippen LogP contribution in [-0.4, -0.2) is 51.2 Å². The van der Waals surface area contributed by atoms with Crippen molar-refractivity contribution in [1.29, 1.82) is 0 Å². The van der Waals surface area contributed by atoms with Crippen LogP contribution < -0.4 is 18.9 Å². The standard InChI is InChI=1S/C24H25NO7S/c1-6-32-24(27)21-22(26)20(12-14-11-16(28-2)8-10-17(14)29-3)33-23(21)25-15-7-9-18(30-4)19(13-15)31-5/h7-13,26H,6H2,1-5H3. The normalized spacial score (nSPS) is 15.7. The molecule has 2 aromatic carbocycles. The number of esters is 1. The predicted octanol–water partition coefficient (Wildman–Crippen LogP) is 4.91. The monoisotopic (exact) mass is 471 g/mol. The maximum Gasteiger partial charge on any atom is 0.344 e. The van der Waals surface area contributed by atoms with Gasteiger partial charge in [-0.05, 0) is 43.3 Å². The van der Waals surface area contributed by atoms with Crippen LogP contribution in [0.25, 0.3) is 6.08 Å². The van der Waals surface area contributed by atoms with Crippen molar-refractivity contribution < 1.29 is 33.6 Å². The highest BCUT2D eigenvalue weighted by Gasteiger charge is 2.33. The second kappa shape index (κ2) is 10.8. The maximum atomic E-state index is 12.7. The van der Waals surface area contributed by atoms with Crippen molar-refractivity contribution in [2.75, 3.05) is 35.0 Å². The molecular formula is C24H25NO7S. The van der Waals surface area contributed by atoms with E-state index >= 15 is 0 Å². The fraction of sp³-hybridized carbons (Fsp3) is 0.250. The first kappa shape index (κ1) is 24.1. The number of rotatable bonds is 8. The molecule has 0 saturated carbocycles. The van der Waals surface area contributed by atoms with E-state index in [1.165, 1.54) is 7.11 Å². The average Bonchev–Trinajstić information content (AvgIpc) is 3.13. The number of aliphatic hydroxyl groups is 1. The molecule has 0 aromatic heterocycles. The minimum absolute atomic E-state index is 0.00949. The molecule has 33 heavy (non-hydrogen) atoms. The van der Waals surface area contributed by atoms with Gasteiger partial charge in [0.2, 0.25) is 0 Å². The molecule has 2 aromatic rings. The molecule has 1 aliphatic rings. The Kier molecular flexibility index (Phi) is 7.89. The van der Waals surface area contributed by atoms with E-state index in [1.54, 1.807) is 70.7 Å². The zero-order valence-corrected chi connectivity index (χ0v) is 19.8. The smallest absolute Gasteiger partial charge is 0.344 e. The molecule has 174 valence electrons. The SMILES string of the molecule is CCOC(=O)C1=C(O)C(=Cc2cc(OC)ccc2OC)SC1=Nc1ccc(OC)c(OC)c1. The molecule has 0 amide bonds. The third-order valence-corrected chi connectivity index (χ3v) is 5.71. The lowest BCUT2D eigenvalue weighted by Crippen LogP contribution is -2.12. The van der Waals surface area contributed by atoms with Crippen LogP contribution in [0, 0.1) is 0 Å². The lowest BCUT2D eigenvalue weighted by atomic mass is 10.1. The van der Waals surface area contributed by atoms with Crippen LogP contribution in [0.5, 0.6) is 23.0 Å². The Labute approximate surface area is 196 Å². The third kappa shape index (κ3) is 5.25. The van der Waals surface area contributed by atoms with Crippen LogP contribution in [0.15, 0.2) is 57.6 Å². The van der Waals surface area contributed by atoms with Crippen molar-refractivity contribution in [2.24, 2.45) is 4.99 Å². The summed E-state index contributed by atoms with van der Waals surface area (Å²) in [6, 6.07) is 10.4. The minimum Gasteiger partial charge on any atom is -0.506 e. The van der Waals surface area contributed by atoms with E-state index in [2.05, 4.69) is 4.99 Å². The van der Waals surface area contributed by atoms with E-state index in [0.29, 0.717) is 44.2 Å². The summed E-state index contributed by atoms with van der Waals surface area (Å²) in [5, 5.41) is 11.2. The lowest BCUT2D eigenvalue weighted by Gasteiger charge is -2.08. The topological polar surface area (TPSA) is 95.8 Å². The van der Waals surface area contributed by atoms with Crippen LogP contribution in [0.2, 0.25) is 0 Å².